The van der Waals surface area contributed by atoms with Crippen molar-refractivity contribution in [1.29, 1.82) is 0 Å². The number of aryl methyl sites for hydroxylation is 1. The molecule has 4 aromatic rings. The molecule has 0 fully saturated rings. The second-order valence-corrected chi connectivity index (χ2v) is 11.3. The van der Waals surface area contributed by atoms with Gasteiger partial charge in [0, 0.05) is 36.5 Å². The standard InChI is InChI=1S/C33H49N11O9/c34-31-29-30(25-4-5-27-26(23-25)41-33(35)53-27)42-44(32(29)39-24-38-31)8-2-1-3-28(45)37-6-9-46-11-13-48-15-17-50-19-21-52-22-20-51-18-16-49-14-12-47-10-7-40-43-36/h4-5,23-24H,1-3,6-22H2,(H2,35,41)(H,37,45)(H2,34,38,39). The minimum absolute atomic E-state index is 0.0410. The number of hydrogen-bond acceptors (Lipinski definition) is 16. The lowest BCUT2D eigenvalue weighted by molar-refractivity contribution is -0.121. The van der Waals surface area contributed by atoms with Gasteiger partial charge in [0.25, 0.3) is 6.01 Å². The monoisotopic (exact) mass is 743 g/mol. The Labute approximate surface area is 306 Å². The number of anilines is 2. The molecule has 3 aromatic heterocycles. The van der Waals surface area contributed by atoms with Crippen LogP contribution in [0.15, 0.2) is 34.1 Å². The Morgan fingerprint density at radius 1 is 0.830 bits per heavy atom. The van der Waals surface area contributed by atoms with Crippen LogP contribution < -0.4 is 16.8 Å². The Hall–Kier alpha value is -4.66. The number of aromatic nitrogens is 5. The van der Waals surface area contributed by atoms with Gasteiger partial charge in [0.2, 0.25) is 5.91 Å². The molecule has 1 aromatic carbocycles. The summed E-state index contributed by atoms with van der Waals surface area (Å²) < 4.78 is 45.2. The molecule has 0 aliphatic heterocycles. The molecule has 0 radical (unpaired) electrons. The largest absolute Gasteiger partial charge is 0.424 e. The van der Waals surface area contributed by atoms with E-state index in [1.54, 1.807) is 10.7 Å². The first-order valence-electron chi connectivity index (χ1n) is 17.5. The zero-order chi connectivity index (χ0) is 37.4. The highest BCUT2D eigenvalue weighted by molar-refractivity contribution is 5.99. The van der Waals surface area contributed by atoms with E-state index in [2.05, 4.69) is 30.3 Å². The molecule has 0 aliphatic rings. The van der Waals surface area contributed by atoms with Crippen LogP contribution >= 0.6 is 0 Å². The Morgan fingerprint density at radius 3 is 2.06 bits per heavy atom. The molecule has 0 saturated heterocycles. The first kappa shape index (κ1) is 41.1. The number of nitrogens with one attached hydrogen (secondary N) is 1. The van der Waals surface area contributed by atoms with Crippen LogP contribution in [0.2, 0.25) is 0 Å². The second-order valence-electron chi connectivity index (χ2n) is 11.3. The maximum Gasteiger partial charge on any atom is 0.292 e. The molecule has 0 bridgehead atoms. The molecule has 0 atom stereocenters. The first-order chi connectivity index (χ1) is 26.1. The van der Waals surface area contributed by atoms with Crippen LogP contribution in [0, 0.1) is 0 Å². The predicted molar refractivity (Wildman–Crippen MR) is 194 cm³/mol. The smallest absolute Gasteiger partial charge is 0.292 e. The minimum atomic E-state index is -0.0410. The van der Waals surface area contributed by atoms with Gasteiger partial charge in [-0.05, 0) is 36.6 Å². The van der Waals surface area contributed by atoms with Crippen molar-refractivity contribution in [3.05, 3.63) is 35.0 Å². The van der Waals surface area contributed by atoms with Crippen molar-refractivity contribution >= 4 is 39.9 Å². The summed E-state index contributed by atoms with van der Waals surface area (Å²) in [6.07, 6.45) is 3.18. The van der Waals surface area contributed by atoms with Gasteiger partial charge in [-0.2, -0.15) is 10.1 Å². The van der Waals surface area contributed by atoms with E-state index in [1.807, 2.05) is 12.1 Å². The zero-order valence-corrected chi connectivity index (χ0v) is 29.9. The van der Waals surface area contributed by atoms with Crippen LogP contribution in [-0.2, 0) is 44.5 Å². The molecule has 3 heterocycles. The molecular weight excluding hydrogens is 694 g/mol. The summed E-state index contributed by atoms with van der Waals surface area (Å²) in [5.41, 5.74) is 23.3. The number of benzene rings is 1. The molecule has 0 unspecified atom stereocenters. The maximum absolute atomic E-state index is 12.3. The zero-order valence-electron chi connectivity index (χ0n) is 29.9. The highest BCUT2D eigenvalue weighted by Crippen LogP contribution is 2.32. The number of oxazole rings is 1. The van der Waals surface area contributed by atoms with E-state index in [0.29, 0.717) is 165 Å². The van der Waals surface area contributed by atoms with Crippen molar-refractivity contribution in [2.45, 2.75) is 25.8 Å². The van der Waals surface area contributed by atoms with E-state index in [0.717, 1.165) is 5.56 Å². The van der Waals surface area contributed by atoms with Crippen molar-refractivity contribution in [1.82, 2.24) is 30.0 Å². The third kappa shape index (κ3) is 15.1. The van der Waals surface area contributed by atoms with Crippen LogP contribution in [0.5, 0.6) is 0 Å². The van der Waals surface area contributed by atoms with Crippen molar-refractivity contribution < 1.29 is 42.4 Å². The van der Waals surface area contributed by atoms with Gasteiger partial charge in [-0.15, -0.1) is 0 Å². The second kappa shape index (κ2) is 24.6. The highest BCUT2D eigenvalue weighted by atomic mass is 16.6. The Morgan fingerprint density at radius 2 is 1.43 bits per heavy atom. The number of amides is 1. The van der Waals surface area contributed by atoms with E-state index >= 15 is 0 Å². The molecule has 290 valence electrons. The number of rotatable bonds is 30. The molecular formula is C33H49N11O9. The van der Waals surface area contributed by atoms with E-state index in [4.69, 9.17) is 59.7 Å². The number of azide groups is 1. The van der Waals surface area contributed by atoms with Gasteiger partial charge in [0.15, 0.2) is 11.2 Å². The van der Waals surface area contributed by atoms with E-state index in [9.17, 15) is 4.79 Å². The quantitative estimate of drug-likeness (QED) is 0.0300. The molecule has 1 amide bonds. The number of carbonyl (C=O) groups excluding carboxylic acids is 1. The molecule has 0 saturated carbocycles. The van der Waals surface area contributed by atoms with E-state index < -0.39 is 0 Å². The number of carbonyl (C=O) groups is 1. The van der Waals surface area contributed by atoms with Gasteiger partial charge in [-0.1, -0.05) is 5.11 Å². The Balaban J connectivity index is 0.931. The van der Waals surface area contributed by atoms with Gasteiger partial charge in [-0.25, -0.2) is 14.6 Å². The average Bonchev–Trinajstić information content (AvgIpc) is 3.73. The lowest BCUT2D eigenvalue weighted by Crippen LogP contribution is -2.27. The van der Waals surface area contributed by atoms with E-state index in [-0.39, 0.29) is 11.9 Å². The molecule has 0 aliphatic carbocycles. The molecule has 0 spiro atoms. The number of nitrogen functional groups attached to an aromatic ring is 2. The number of unbranched alkanes of at least 4 members (excludes halogenated alkanes) is 1. The number of nitrogens with two attached hydrogens (primary N) is 2. The lowest BCUT2D eigenvalue weighted by Gasteiger charge is -2.09. The Bertz CT molecular complexity index is 1700. The highest BCUT2D eigenvalue weighted by Gasteiger charge is 2.18. The summed E-state index contributed by atoms with van der Waals surface area (Å²) in [5, 5.41) is 11.7. The maximum atomic E-state index is 12.3. The fourth-order valence-electron chi connectivity index (χ4n) is 4.95. The summed E-state index contributed by atoms with van der Waals surface area (Å²) in [4.78, 5) is 27.7. The molecule has 5 N–H and O–H groups in total. The number of nitrogens with zero attached hydrogens (tertiary/aromatic N) is 8. The van der Waals surface area contributed by atoms with Crippen LogP contribution in [0.3, 0.4) is 0 Å². The van der Waals surface area contributed by atoms with Crippen LogP contribution in [0.1, 0.15) is 19.3 Å². The average molecular weight is 744 g/mol. The van der Waals surface area contributed by atoms with Crippen LogP contribution in [-0.4, -0.2) is 136 Å². The number of fused-ring (bicyclic) bond motifs is 2. The van der Waals surface area contributed by atoms with Gasteiger partial charge in [0.1, 0.15) is 23.4 Å². The number of hydrogen-bond donors (Lipinski definition) is 3. The van der Waals surface area contributed by atoms with Gasteiger partial charge in [-0.3, -0.25) is 4.79 Å². The van der Waals surface area contributed by atoms with Crippen molar-refractivity contribution in [2.24, 2.45) is 5.11 Å². The number of ether oxygens (including phenoxy) is 7. The first-order valence-corrected chi connectivity index (χ1v) is 17.5. The van der Waals surface area contributed by atoms with Crippen LogP contribution in [0.25, 0.3) is 43.8 Å². The topological polar surface area (TPSA) is 264 Å². The van der Waals surface area contributed by atoms with Crippen molar-refractivity contribution in [3.63, 3.8) is 0 Å². The third-order valence-electron chi connectivity index (χ3n) is 7.46. The predicted octanol–water partition coefficient (Wildman–Crippen LogP) is 2.51. The molecule has 20 nitrogen and oxygen atoms in total. The molecule has 53 heavy (non-hydrogen) atoms. The molecule has 4 rings (SSSR count). The molecule has 20 heteroatoms. The summed E-state index contributed by atoms with van der Waals surface area (Å²) >= 11 is 0. The SMILES string of the molecule is [N-]=[N+]=NCCOCCOCCOCCOCCOCCOCCOCCNC(=O)CCCCn1nc(-c2ccc3oc(N)nc3c2)c2c(N)ncnc21. The normalized spacial score (nSPS) is 11.4. The summed E-state index contributed by atoms with van der Waals surface area (Å²) in [6.45, 7) is 7.55. The summed E-state index contributed by atoms with van der Waals surface area (Å²) in [6, 6.07) is 5.58. The summed E-state index contributed by atoms with van der Waals surface area (Å²) in [5.74, 6) is 0.288. The fraction of sp³-hybridized carbons (Fsp3) is 0.606. The van der Waals surface area contributed by atoms with Crippen molar-refractivity contribution in [2.75, 3.05) is 117 Å². The third-order valence-corrected chi connectivity index (χ3v) is 7.46. The van der Waals surface area contributed by atoms with Gasteiger partial charge in [0.05, 0.1) is 97.9 Å². The van der Waals surface area contributed by atoms with Crippen molar-refractivity contribution in [3.8, 4) is 11.3 Å². The van der Waals surface area contributed by atoms with Gasteiger partial charge < -0.3 is 54.4 Å². The Kier molecular flexibility index (Phi) is 19.0. The van der Waals surface area contributed by atoms with Crippen LogP contribution in [0.4, 0.5) is 11.8 Å². The van der Waals surface area contributed by atoms with Gasteiger partial charge >= 0.3 is 0 Å². The van der Waals surface area contributed by atoms with E-state index in [1.165, 1.54) is 6.33 Å². The lowest BCUT2D eigenvalue weighted by atomic mass is 10.1. The fourth-order valence-corrected chi connectivity index (χ4v) is 4.95. The summed E-state index contributed by atoms with van der Waals surface area (Å²) in [7, 11) is 0. The minimum Gasteiger partial charge on any atom is -0.424 e.